The molecule has 1 amide bonds. The molecule has 0 aliphatic rings. The van der Waals surface area contributed by atoms with Gasteiger partial charge in [-0.15, -0.1) is 0 Å². The van der Waals surface area contributed by atoms with E-state index >= 15 is 0 Å². The van der Waals surface area contributed by atoms with Crippen molar-refractivity contribution in [2.45, 2.75) is 12.5 Å². The van der Waals surface area contributed by atoms with Crippen molar-refractivity contribution in [1.82, 2.24) is 10.3 Å². The van der Waals surface area contributed by atoms with E-state index in [2.05, 4.69) is 10.3 Å². The van der Waals surface area contributed by atoms with Crippen LogP contribution in [0.2, 0.25) is 0 Å². The quantitative estimate of drug-likeness (QED) is 0.780. The number of oxazole rings is 1. The molecule has 84 valence electrons. The molecule has 0 fully saturated rings. The Bertz CT molecular complexity index is 327. The normalized spacial score (nSPS) is 12.5. The topological polar surface area (TPSA) is 81.2 Å². The number of nitrogens with zero attached hydrogens (tertiary/aromatic N) is 1. The lowest BCUT2D eigenvalue weighted by atomic mass is 10.2. The van der Waals surface area contributed by atoms with E-state index in [9.17, 15) is 4.79 Å². The number of carbonyl (C=O) groups is 1. The van der Waals surface area contributed by atoms with E-state index in [0.717, 1.165) is 12.2 Å². The molecule has 0 saturated heterocycles. The Balaban J connectivity index is 2.62. The van der Waals surface area contributed by atoms with Gasteiger partial charge in [-0.05, 0) is 18.4 Å². The molecule has 1 aromatic heterocycles. The number of hydrogen-bond acceptors (Lipinski definition) is 5. The second-order valence-electron chi connectivity index (χ2n) is 3.04. The fourth-order valence-corrected chi connectivity index (χ4v) is 1.55. The smallest absolute Gasteiger partial charge is 0.272 e. The zero-order valence-electron chi connectivity index (χ0n) is 8.82. The third kappa shape index (κ3) is 3.24. The fourth-order valence-electron chi connectivity index (χ4n) is 1.06. The number of thioether (sulfide) groups is 1. The summed E-state index contributed by atoms with van der Waals surface area (Å²) in [6.07, 6.45) is 4.13. The minimum Gasteiger partial charge on any atom is -0.446 e. The predicted octanol–water partition coefficient (Wildman–Crippen LogP) is 0.787. The summed E-state index contributed by atoms with van der Waals surface area (Å²) in [4.78, 5) is 15.2. The average Bonchev–Trinajstić information content (AvgIpc) is 2.74. The molecule has 1 rings (SSSR count). The molecule has 15 heavy (non-hydrogen) atoms. The number of aromatic nitrogens is 1. The van der Waals surface area contributed by atoms with Crippen molar-refractivity contribution in [3.63, 3.8) is 0 Å². The highest BCUT2D eigenvalue weighted by Crippen LogP contribution is 2.15. The molecule has 3 N–H and O–H groups in total. The second kappa shape index (κ2) is 5.77. The minimum atomic E-state index is -0.262. The Morgan fingerprint density at radius 1 is 1.80 bits per heavy atom. The third-order valence-electron chi connectivity index (χ3n) is 1.93. The zero-order valence-corrected chi connectivity index (χ0v) is 9.63. The first-order valence-corrected chi connectivity index (χ1v) is 6.00. The summed E-state index contributed by atoms with van der Waals surface area (Å²) in [7, 11) is 1.55. The van der Waals surface area contributed by atoms with Gasteiger partial charge < -0.3 is 15.5 Å². The van der Waals surface area contributed by atoms with Crippen molar-refractivity contribution < 1.29 is 9.21 Å². The molecular weight excluding hydrogens is 214 g/mol. The Morgan fingerprint density at radius 3 is 3.13 bits per heavy atom. The van der Waals surface area contributed by atoms with Crippen LogP contribution < -0.4 is 11.1 Å². The minimum absolute atomic E-state index is 0.240. The van der Waals surface area contributed by atoms with Gasteiger partial charge in [-0.25, -0.2) is 4.98 Å². The summed E-state index contributed by atoms with van der Waals surface area (Å²) in [5, 5.41) is 2.47. The van der Waals surface area contributed by atoms with Crippen LogP contribution in [0.15, 0.2) is 10.7 Å². The molecule has 1 unspecified atom stereocenters. The van der Waals surface area contributed by atoms with Crippen LogP contribution in [0.4, 0.5) is 0 Å². The van der Waals surface area contributed by atoms with Gasteiger partial charge in [-0.3, -0.25) is 4.79 Å². The van der Waals surface area contributed by atoms with E-state index in [1.54, 1.807) is 18.8 Å². The van der Waals surface area contributed by atoms with Crippen LogP contribution in [0, 0.1) is 0 Å². The lowest BCUT2D eigenvalue weighted by molar-refractivity contribution is 0.0958. The lowest BCUT2D eigenvalue weighted by Gasteiger charge is -2.04. The molecule has 0 aliphatic heterocycles. The summed E-state index contributed by atoms with van der Waals surface area (Å²) in [5.41, 5.74) is 6.11. The van der Waals surface area contributed by atoms with Gasteiger partial charge in [0.1, 0.15) is 6.26 Å². The Kier molecular flexibility index (Phi) is 4.64. The Labute approximate surface area is 92.8 Å². The maximum absolute atomic E-state index is 11.2. The van der Waals surface area contributed by atoms with Crippen LogP contribution in [-0.2, 0) is 0 Å². The maximum atomic E-state index is 11.2. The van der Waals surface area contributed by atoms with Gasteiger partial charge in [0.15, 0.2) is 5.69 Å². The van der Waals surface area contributed by atoms with E-state index in [1.165, 1.54) is 6.26 Å². The Morgan fingerprint density at radius 2 is 2.53 bits per heavy atom. The SMILES string of the molecule is CNC(=O)c1coc(C(N)CCSC)n1. The Hall–Kier alpha value is -1.01. The van der Waals surface area contributed by atoms with Crippen molar-refractivity contribution in [1.29, 1.82) is 0 Å². The van der Waals surface area contributed by atoms with Crippen LogP contribution in [0.1, 0.15) is 28.8 Å². The zero-order chi connectivity index (χ0) is 11.3. The third-order valence-corrected chi connectivity index (χ3v) is 2.58. The molecule has 0 saturated carbocycles. The highest BCUT2D eigenvalue weighted by Gasteiger charge is 2.15. The van der Waals surface area contributed by atoms with E-state index in [1.807, 2.05) is 6.26 Å². The van der Waals surface area contributed by atoms with Crippen LogP contribution in [-0.4, -0.2) is 29.9 Å². The number of amides is 1. The summed E-state index contributed by atoms with van der Waals surface area (Å²) in [5.74, 6) is 1.10. The van der Waals surface area contributed by atoms with Gasteiger partial charge in [-0.1, -0.05) is 0 Å². The molecule has 1 aromatic rings. The number of hydrogen-bond donors (Lipinski definition) is 2. The van der Waals surface area contributed by atoms with E-state index in [4.69, 9.17) is 10.2 Å². The number of carbonyl (C=O) groups excluding carboxylic acids is 1. The maximum Gasteiger partial charge on any atom is 0.272 e. The summed E-state index contributed by atoms with van der Waals surface area (Å²) < 4.78 is 5.14. The van der Waals surface area contributed by atoms with Gasteiger partial charge in [0.2, 0.25) is 5.89 Å². The average molecular weight is 229 g/mol. The van der Waals surface area contributed by atoms with Gasteiger partial charge in [0, 0.05) is 7.05 Å². The second-order valence-corrected chi connectivity index (χ2v) is 4.02. The van der Waals surface area contributed by atoms with Gasteiger partial charge in [0.25, 0.3) is 5.91 Å². The lowest BCUT2D eigenvalue weighted by Crippen LogP contribution is -2.18. The highest BCUT2D eigenvalue weighted by atomic mass is 32.2. The molecule has 0 aliphatic carbocycles. The van der Waals surface area contributed by atoms with Crippen molar-refractivity contribution in [3.8, 4) is 0 Å². The summed E-state index contributed by atoms with van der Waals surface area (Å²) in [6, 6.07) is -0.240. The summed E-state index contributed by atoms with van der Waals surface area (Å²) >= 11 is 1.71. The van der Waals surface area contributed by atoms with E-state index in [0.29, 0.717) is 5.89 Å². The van der Waals surface area contributed by atoms with Crippen molar-refractivity contribution in [3.05, 3.63) is 17.8 Å². The van der Waals surface area contributed by atoms with Crippen molar-refractivity contribution in [2.24, 2.45) is 5.73 Å². The van der Waals surface area contributed by atoms with E-state index < -0.39 is 0 Å². The molecule has 6 heteroatoms. The highest BCUT2D eigenvalue weighted by molar-refractivity contribution is 7.98. The molecule has 0 radical (unpaired) electrons. The first kappa shape index (κ1) is 12.1. The van der Waals surface area contributed by atoms with Crippen LogP contribution in [0.5, 0.6) is 0 Å². The monoisotopic (exact) mass is 229 g/mol. The molecule has 0 aromatic carbocycles. The molecule has 1 heterocycles. The molecule has 0 spiro atoms. The first-order valence-electron chi connectivity index (χ1n) is 4.61. The van der Waals surface area contributed by atoms with Crippen molar-refractivity contribution in [2.75, 3.05) is 19.1 Å². The molecule has 1 atom stereocenters. The largest absolute Gasteiger partial charge is 0.446 e. The van der Waals surface area contributed by atoms with Crippen LogP contribution >= 0.6 is 11.8 Å². The molecule has 0 bridgehead atoms. The van der Waals surface area contributed by atoms with Gasteiger partial charge in [-0.2, -0.15) is 11.8 Å². The summed E-state index contributed by atoms with van der Waals surface area (Å²) in [6.45, 7) is 0. The van der Waals surface area contributed by atoms with Gasteiger partial charge >= 0.3 is 0 Å². The van der Waals surface area contributed by atoms with Crippen molar-refractivity contribution >= 4 is 17.7 Å². The van der Waals surface area contributed by atoms with Gasteiger partial charge in [0.05, 0.1) is 6.04 Å². The number of nitrogens with one attached hydrogen (secondary N) is 1. The standard InChI is InChI=1S/C9H15N3O2S/c1-11-8(13)7-5-14-9(12-7)6(10)3-4-15-2/h5-6H,3-4,10H2,1-2H3,(H,11,13). The predicted molar refractivity (Wildman–Crippen MR) is 59.8 cm³/mol. The number of rotatable bonds is 5. The van der Waals surface area contributed by atoms with Crippen LogP contribution in [0.3, 0.4) is 0 Å². The molecular formula is C9H15N3O2S. The number of nitrogens with two attached hydrogens (primary N) is 1. The fraction of sp³-hybridized carbons (Fsp3) is 0.556. The van der Waals surface area contributed by atoms with E-state index in [-0.39, 0.29) is 17.6 Å². The first-order chi connectivity index (χ1) is 7.19. The van der Waals surface area contributed by atoms with Crippen LogP contribution in [0.25, 0.3) is 0 Å². The molecule has 5 nitrogen and oxygen atoms in total.